The van der Waals surface area contributed by atoms with Crippen molar-refractivity contribution in [3.05, 3.63) is 101 Å². The average molecular weight is 582 g/mol. The van der Waals surface area contributed by atoms with Gasteiger partial charge in [0.15, 0.2) is 0 Å². The van der Waals surface area contributed by atoms with Gasteiger partial charge in [0.2, 0.25) is 5.96 Å². The summed E-state index contributed by atoms with van der Waals surface area (Å²) in [5, 5.41) is 18.2. The van der Waals surface area contributed by atoms with Gasteiger partial charge in [0, 0.05) is 16.9 Å². The van der Waals surface area contributed by atoms with Gasteiger partial charge in [-0.3, -0.25) is 20.4 Å². The van der Waals surface area contributed by atoms with Crippen LogP contribution in [0, 0.1) is 11.2 Å². The summed E-state index contributed by atoms with van der Waals surface area (Å²) >= 11 is 0. The summed E-state index contributed by atoms with van der Waals surface area (Å²) in [4.78, 5) is 27.0. The molecule has 3 amide bonds. The van der Waals surface area contributed by atoms with Crippen molar-refractivity contribution in [2.45, 2.75) is 38.4 Å². The maximum Gasteiger partial charge on any atom is 0.419 e. The van der Waals surface area contributed by atoms with E-state index in [0.717, 1.165) is 37.3 Å². The first kappa shape index (κ1) is 29.9. The topological polar surface area (TPSA) is 136 Å². The normalized spacial score (nSPS) is 13.4. The second kappa shape index (κ2) is 13.1. The Bertz CT molecular complexity index is 1520. The van der Waals surface area contributed by atoms with Crippen molar-refractivity contribution >= 4 is 34.8 Å². The number of rotatable bonds is 6. The van der Waals surface area contributed by atoms with Crippen LogP contribution in [0.5, 0.6) is 0 Å². The molecule has 0 heterocycles. The Kier molecular flexibility index (Phi) is 9.30. The van der Waals surface area contributed by atoms with Crippen LogP contribution >= 0.6 is 0 Å². The highest BCUT2D eigenvalue weighted by Gasteiger charge is 2.34. The summed E-state index contributed by atoms with van der Waals surface area (Å²) in [7, 11) is 0. The van der Waals surface area contributed by atoms with Gasteiger partial charge in [-0.1, -0.05) is 40.7 Å². The monoisotopic (exact) mass is 581 g/mol. The largest absolute Gasteiger partial charge is 0.419 e. The summed E-state index contributed by atoms with van der Waals surface area (Å²) in [5.74, 6) is 2.25. The predicted octanol–water partition coefficient (Wildman–Crippen LogP) is 7.03. The number of benzene rings is 3. The van der Waals surface area contributed by atoms with Crippen molar-refractivity contribution in [3.63, 3.8) is 0 Å². The highest BCUT2D eigenvalue weighted by Crippen LogP contribution is 2.33. The highest BCUT2D eigenvalue weighted by molar-refractivity contribution is 6.05. The van der Waals surface area contributed by atoms with Crippen molar-refractivity contribution in [3.8, 4) is 0 Å². The highest BCUT2D eigenvalue weighted by atomic mass is 19.4. The van der Waals surface area contributed by atoms with Gasteiger partial charge in [-0.25, -0.2) is 9.18 Å². The SMILES string of the molecule is N=C(N=NN)NC(=O)c1ccc(CN(C(=O)Nc2ccc(F)c(C(F)(F)F)c2)c2ccc(C3=CCCCC3)cc2)cc1. The number of hydrogen-bond acceptors (Lipinski definition) is 4. The first-order chi connectivity index (χ1) is 20.0. The predicted molar refractivity (Wildman–Crippen MR) is 150 cm³/mol. The molecule has 0 atom stereocenters. The number of nitrogens with zero attached hydrogens (tertiary/aromatic N) is 3. The minimum atomic E-state index is -4.94. The molecule has 3 aromatic rings. The van der Waals surface area contributed by atoms with Gasteiger partial charge < -0.3 is 11.2 Å². The lowest BCUT2D eigenvalue weighted by Crippen LogP contribution is -2.34. The van der Waals surface area contributed by atoms with Gasteiger partial charge in [-0.05, 0) is 84.8 Å². The molecule has 13 heteroatoms. The third-order valence-corrected chi connectivity index (χ3v) is 6.56. The molecule has 1 aliphatic carbocycles. The summed E-state index contributed by atoms with van der Waals surface area (Å²) in [6.45, 7) is -0.0136. The lowest BCUT2D eigenvalue weighted by Gasteiger charge is -2.24. The number of guanidine groups is 1. The summed E-state index contributed by atoms with van der Waals surface area (Å²) in [6.07, 6.45) is 1.42. The van der Waals surface area contributed by atoms with Crippen molar-refractivity contribution in [2.75, 3.05) is 10.2 Å². The molecule has 0 aromatic heterocycles. The summed E-state index contributed by atoms with van der Waals surface area (Å²) < 4.78 is 53.5. The van der Waals surface area contributed by atoms with Crippen LogP contribution in [0.25, 0.3) is 5.57 Å². The number of anilines is 2. The van der Waals surface area contributed by atoms with Crippen LogP contribution in [0.3, 0.4) is 0 Å². The van der Waals surface area contributed by atoms with Crippen LogP contribution < -0.4 is 21.4 Å². The van der Waals surface area contributed by atoms with Gasteiger partial charge in [0.25, 0.3) is 5.91 Å². The van der Waals surface area contributed by atoms with Gasteiger partial charge in [-0.2, -0.15) is 13.2 Å². The van der Waals surface area contributed by atoms with Crippen LogP contribution in [0.1, 0.15) is 52.7 Å². The number of carbonyl (C=O) groups excluding carboxylic acids is 2. The van der Waals surface area contributed by atoms with E-state index in [-0.39, 0.29) is 17.8 Å². The zero-order chi connectivity index (χ0) is 30.3. The van der Waals surface area contributed by atoms with Crippen LogP contribution in [-0.2, 0) is 12.7 Å². The van der Waals surface area contributed by atoms with Gasteiger partial charge in [-0.15, -0.1) is 0 Å². The number of hydrogen-bond donors (Lipinski definition) is 4. The number of alkyl halides is 3. The zero-order valence-electron chi connectivity index (χ0n) is 22.2. The molecular formula is C29H27F4N7O2. The van der Waals surface area contributed by atoms with Gasteiger partial charge in [0.1, 0.15) is 5.82 Å². The smallest absolute Gasteiger partial charge is 0.308 e. The Morgan fingerprint density at radius 3 is 2.33 bits per heavy atom. The summed E-state index contributed by atoms with van der Waals surface area (Å²) in [6, 6.07) is 14.9. The Balaban J connectivity index is 1.59. The Morgan fingerprint density at radius 2 is 1.71 bits per heavy atom. The Hall–Kier alpha value is -5.07. The van der Waals surface area contributed by atoms with E-state index in [4.69, 9.17) is 11.3 Å². The number of carbonyl (C=O) groups is 2. The third kappa shape index (κ3) is 7.56. The van der Waals surface area contributed by atoms with E-state index >= 15 is 0 Å². The fraction of sp³-hybridized carbons (Fsp3) is 0.207. The van der Waals surface area contributed by atoms with E-state index < -0.39 is 35.5 Å². The fourth-order valence-corrected chi connectivity index (χ4v) is 4.45. The molecule has 9 nitrogen and oxygen atoms in total. The maximum absolute atomic E-state index is 13.8. The molecule has 1 aliphatic rings. The molecule has 42 heavy (non-hydrogen) atoms. The molecule has 0 unspecified atom stereocenters. The molecule has 0 bridgehead atoms. The van der Waals surface area contributed by atoms with Crippen LogP contribution in [0.4, 0.5) is 33.7 Å². The molecule has 0 spiro atoms. The molecule has 0 radical (unpaired) electrons. The van der Waals surface area contributed by atoms with Crippen LogP contribution in [0.15, 0.2) is 83.1 Å². The number of halogens is 4. The standard InChI is InChI=1S/C29H27F4N7O2/c30-25-15-12-22(16-24(25)29(31,32)33)36-28(42)40(23-13-10-20(11-14-23)19-4-2-1-3-5-19)17-18-6-8-21(9-7-18)26(41)37-27(34)38-39-35/h4,6-16H,1-3,5,17H2,(H,36,42)(H4,34,35,37,38,41). The van der Waals surface area contributed by atoms with E-state index in [2.05, 4.69) is 27.0 Å². The molecule has 0 saturated carbocycles. The van der Waals surface area contributed by atoms with Crippen molar-refractivity contribution in [1.82, 2.24) is 5.32 Å². The van der Waals surface area contributed by atoms with Gasteiger partial charge in [0.05, 0.1) is 12.1 Å². The quantitative estimate of drug-likeness (QED) is 0.0621. The fourth-order valence-electron chi connectivity index (χ4n) is 4.45. The van der Waals surface area contributed by atoms with Crippen LogP contribution in [0.2, 0.25) is 0 Å². The molecule has 0 saturated heterocycles. The third-order valence-electron chi connectivity index (χ3n) is 6.56. The second-order valence-corrected chi connectivity index (χ2v) is 9.45. The van der Waals surface area contributed by atoms with Crippen LogP contribution in [-0.4, -0.2) is 17.9 Å². The van der Waals surface area contributed by atoms with Gasteiger partial charge >= 0.3 is 12.2 Å². The lowest BCUT2D eigenvalue weighted by atomic mass is 9.93. The second-order valence-electron chi connectivity index (χ2n) is 9.45. The number of amides is 3. The molecule has 4 rings (SSSR count). The zero-order valence-corrected chi connectivity index (χ0v) is 22.2. The maximum atomic E-state index is 13.8. The molecule has 3 aromatic carbocycles. The number of allylic oxidation sites excluding steroid dienone is 2. The molecule has 0 fully saturated rings. The molecule has 0 aliphatic heterocycles. The molecular weight excluding hydrogens is 554 g/mol. The Morgan fingerprint density at radius 1 is 1.00 bits per heavy atom. The number of nitrogens with two attached hydrogens (primary N) is 1. The minimum absolute atomic E-state index is 0.0136. The first-order valence-electron chi connectivity index (χ1n) is 12.9. The van der Waals surface area contributed by atoms with Crippen molar-refractivity contribution in [1.29, 1.82) is 5.41 Å². The minimum Gasteiger partial charge on any atom is -0.308 e. The van der Waals surface area contributed by atoms with Crippen molar-refractivity contribution < 1.29 is 27.2 Å². The molecule has 5 N–H and O–H groups in total. The number of nitrogens with one attached hydrogen (secondary N) is 3. The van der Waals surface area contributed by atoms with E-state index in [9.17, 15) is 27.2 Å². The average Bonchev–Trinajstić information content (AvgIpc) is 2.97. The lowest BCUT2D eigenvalue weighted by molar-refractivity contribution is -0.139. The number of urea groups is 1. The van der Waals surface area contributed by atoms with E-state index in [0.29, 0.717) is 23.4 Å². The summed E-state index contributed by atoms with van der Waals surface area (Å²) in [5.41, 5.74) is 1.76. The van der Waals surface area contributed by atoms with E-state index in [1.54, 1.807) is 24.3 Å². The Labute approximate surface area is 238 Å². The molecule has 218 valence electrons. The van der Waals surface area contributed by atoms with E-state index in [1.807, 2.05) is 12.1 Å². The van der Waals surface area contributed by atoms with E-state index in [1.165, 1.54) is 22.6 Å². The van der Waals surface area contributed by atoms with Crippen molar-refractivity contribution in [2.24, 2.45) is 16.2 Å². The first-order valence-corrected chi connectivity index (χ1v) is 12.9.